The summed E-state index contributed by atoms with van der Waals surface area (Å²) in [4.78, 5) is 0.720. The normalized spacial score (nSPS) is 28.9. The van der Waals surface area contributed by atoms with E-state index in [1.165, 1.54) is 12.8 Å². The predicted molar refractivity (Wildman–Crippen MR) is 35.7 cm³/mol. The van der Waals surface area contributed by atoms with Crippen molar-refractivity contribution in [2.24, 2.45) is 0 Å². The molecular formula is C6H9Br. The zero-order valence-electron chi connectivity index (χ0n) is 4.45. The third-order valence-electron chi connectivity index (χ3n) is 1.40. The van der Waals surface area contributed by atoms with Gasteiger partial charge in [-0.15, -0.1) is 0 Å². The summed E-state index contributed by atoms with van der Waals surface area (Å²) in [6.07, 6.45) is 4.75. The van der Waals surface area contributed by atoms with Crippen LogP contribution in [0.2, 0.25) is 0 Å². The number of rotatable bonds is 1. The van der Waals surface area contributed by atoms with Crippen LogP contribution in [-0.2, 0) is 0 Å². The Kier molecular flexibility index (Phi) is 1.53. The summed E-state index contributed by atoms with van der Waals surface area (Å²) >= 11 is 3.52. The molecule has 0 fully saturated rings. The van der Waals surface area contributed by atoms with E-state index in [4.69, 9.17) is 0 Å². The summed E-state index contributed by atoms with van der Waals surface area (Å²) in [7, 11) is 0. The van der Waals surface area contributed by atoms with Gasteiger partial charge < -0.3 is 0 Å². The third kappa shape index (κ3) is 0.880. The Morgan fingerprint density at radius 2 is 2.71 bits per heavy atom. The smallest absolute Gasteiger partial charge is 0.0389 e. The lowest BCUT2D eigenvalue weighted by molar-refractivity contribution is 0.846. The lowest BCUT2D eigenvalue weighted by Crippen LogP contribution is -2.09. The molecule has 0 nitrogen and oxygen atoms in total. The molecule has 0 aromatic heterocycles. The van der Waals surface area contributed by atoms with Gasteiger partial charge in [-0.1, -0.05) is 34.5 Å². The van der Waals surface area contributed by atoms with Gasteiger partial charge in [0.25, 0.3) is 0 Å². The Morgan fingerprint density at radius 3 is 2.71 bits per heavy atom. The minimum atomic E-state index is 0.720. The highest BCUT2D eigenvalue weighted by Crippen LogP contribution is 2.28. The maximum Gasteiger partial charge on any atom is 0.0389 e. The standard InChI is InChI=1S/C6H9Br/c1-2-5-3-4-6(5)7/h3,6H,2,4H2,1H3/t6-/m1/s1. The summed E-state index contributed by atoms with van der Waals surface area (Å²) in [6.45, 7) is 2.19. The van der Waals surface area contributed by atoms with E-state index in [2.05, 4.69) is 28.9 Å². The quantitative estimate of drug-likeness (QED) is 0.409. The van der Waals surface area contributed by atoms with Crippen LogP contribution in [0, 0.1) is 0 Å². The van der Waals surface area contributed by atoms with E-state index < -0.39 is 0 Å². The molecular weight excluding hydrogens is 152 g/mol. The molecule has 0 spiro atoms. The van der Waals surface area contributed by atoms with Crippen LogP contribution in [0.1, 0.15) is 19.8 Å². The summed E-state index contributed by atoms with van der Waals surface area (Å²) in [5, 5.41) is 0. The number of hydrogen-bond acceptors (Lipinski definition) is 0. The maximum atomic E-state index is 3.52. The molecule has 0 heterocycles. The maximum absolute atomic E-state index is 3.52. The Hall–Kier alpha value is 0.220. The molecule has 0 aromatic carbocycles. The fourth-order valence-corrected chi connectivity index (χ4v) is 1.44. The van der Waals surface area contributed by atoms with Crippen molar-refractivity contribution in [3.63, 3.8) is 0 Å². The van der Waals surface area contributed by atoms with Crippen molar-refractivity contribution in [3.8, 4) is 0 Å². The summed E-state index contributed by atoms with van der Waals surface area (Å²) in [6, 6.07) is 0. The number of alkyl halides is 1. The van der Waals surface area contributed by atoms with Gasteiger partial charge in [0.1, 0.15) is 0 Å². The van der Waals surface area contributed by atoms with Gasteiger partial charge in [-0.2, -0.15) is 0 Å². The first kappa shape index (κ1) is 5.36. The van der Waals surface area contributed by atoms with Gasteiger partial charge in [-0.3, -0.25) is 0 Å². The zero-order chi connectivity index (χ0) is 5.28. The first-order valence-electron chi connectivity index (χ1n) is 2.67. The van der Waals surface area contributed by atoms with Crippen LogP contribution < -0.4 is 0 Å². The molecule has 0 saturated carbocycles. The molecule has 0 bridgehead atoms. The Bertz CT molecular complexity index is 94.4. The van der Waals surface area contributed by atoms with Crippen LogP contribution in [0.5, 0.6) is 0 Å². The average Bonchev–Trinajstić information content (AvgIpc) is 1.65. The van der Waals surface area contributed by atoms with Gasteiger partial charge in [-0.25, -0.2) is 0 Å². The first-order chi connectivity index (χ1) is 3.34. The van der Waals surface area contributed by atoms with E-state index in [-0.39, 0.29) is 0 Å². The molecule has 0 radical (unpaired) electrons. The lowest BCUT2D eigenvalue weighted by Gasteiger charge is -2.19. The molecule has 0 N–H and O–H groups in total. The highest BCUT2D eigenvalue weighted by atomic mass is 79.9. The summed E-state index contributed by atoms with van der Waals surface area (Å²) < 4.78 is 0. The molecule has 40 valence electrons. The SMILES string of the molecule is CCC1=CC[C@H]1Br. The lowest BCUT2D eigenvalue weighted by atomic mass is 9.97. The zero-order valence-corrected chi connectivity index (χ0v) is 6.03. The number of allylic oxidation sites excluding steroid dienone is 2. The first-order valence-corrected chi connectivity index (χ1v) is 3.59. The number of halogens is 1. The molecule has 0 aliphatic heterocycles. The van der Waals surface area contributed by atoms with Gasteiger partial charge in [-0.05, 0) is 12.8 Å². The van der Waals surface area contributed by atoms with E-state index in [9.17, 15) is 0 Å². The Balaban J connectivity index is 2.41. The van der Waals surface area contributed by atoms with E-state index in [0.717, 1.165) is 4.83 Å². The van der Waals surface area contributed by atoms with Gasteiger partial charge in [0.15, 0.2) is 0 Å². The van der Waals surface area contributed by atoms with Gasteiger partial charge >= 0.3 is 0 Å². The van der Waals surface area contributed by atoms with E-state index in [1.807, 2.05) is 0 Å². The third-order valence-corrected chi connectivity index (χ3v) is 2.36. The summed E-state index contributed by atoms with van der Waals surface area (Å²) in [5.74, 6) is 0. The molecule has 1 aliphatic rings. The molecule has 0 saturated heterocycles. The second-order valence-corrected chi connectivity index (χ2v) is 2.94. The topological polar surface area (TPSA) is 0 Å². The largest absolute Gasteiger partial charge is 0.0839 e. The molecule has 0 aromatic rings. The molecule has 1 aliphatic carbocycles. The molecule has 0 amide bonds. The van der Waals surface area contributed by atoms with Gasteiger partial charge in [0.05, 0.1) is 0 Å². The van der Waals surface area contributed by atoms with Crippen LogP contribution >= 0.6 is 15.9 Å². The van der Waals surface area contributed by atoms with Crippen LogP contribution in [0.15, 0.2) is 11.6 Å². The molecule has 1 atom stereocenters. The minimum Gasteiger partial charge on any atom is -0.0839 e. The van der Waals surface area contributed by atoms with Crippen molar-refractivity contribution < 1.29 is 0 Å². The number of hydrogen-bond donors (Lipinski definition) is 0. The molecule has 7 heavy (non-hydrogen) atoms. The van der Waals surface area contributed by atoms with Crippen molar-refractivity contribution in [1.82, 2.24) is 0 Å². The molecule has 1 rings (SSSR count). The van der Waals surface area contributed by atoms with Crippen LogP contribution in [0.4, 0.5) is 0 Å². The second-order valence-electron chi connectivity index (χ2n) is 1.84. The highest BCUT2D eigenvalue weighted by Gasteiger charge is 2.14. The van der Waals surface area contributed by atoms with Crippen molar-refractivity contribution in [2.75, 3.05) is 0 Å². The molecule has 0 unspecified atom stereocenters. The van der Waals surface area contributed by atoms with Crippen LogP contribution in [-0.4, -0.2) is 4.83 Å². The predicted octanol–water partition coefficient (Wildman–Crippen LogP) is 2.49. The summed E-state index contributed by atoms with van der Waals surface area (Å²) in [5.41, 5.74) is 1.57. The minimum absolute atomic E-state index is 0.720. The Morgan fingerprint density at radius 1 is 2.00 bits per heavy atom. The van der Waals surface area contributed by atoms with Crippen molar-refractivity contribution in [3.05, 3.63) is 11.6 Å². The fraction of sp³-hybridized carbons (Fsp3) is 0.667. The van der Waals surface area contributed by atoms with Crippen molar-refractivity contribution in [1.29, 1.82) is 0 Å². The van der Waals surface area contributed by atoms with Crippen LogP contribution in [0.3, 0.4) is 0 Å². The highest BCUT2D eigenvalue weighted by molar-refractivity contribution is 9.09. The van der Waals surface area contributed by atoms with Crippen molar-refractivity contribution >= 4 is 15.9 Å². The fourth-order valence-electron chi connectivity index (χ4n) is 0.739. The van der Waals surface area contributed by atoms with E-state index in [0.29, 0.717) is 0 Å². The average molecular weight is 161 g/mol. The van der Waals surface area contributed by atoms with Crippen molar-refractivity contribution in [2.45, 2.75) is 24.6 Å². The monoisotopic (exact) mass is 160 g/mol. The second kappa shape index (κ2) is 1.99. The van der Waals surface area contributed by atoms with E-state index >= 15 is 0 Å². The molecule has 1 heteroatoms. The van der Waals surface area contributed by atoms with Gasteiger partial charge in [0, 0.05) is 4.83 Å². The van der Waals surface area contributed by atoms with E-state index in [1.54, 1.807) is 5.57 Å². The van der Waals surface area contributed by atoms with Gasteiger partial charge in [0.2, 0.25) is 0 Å². The van der Waals surface area contributed by atoms with Crippen LogP contribution in [0.25, 0.3) is 0 Å². The Labute approximate surface area is 52.7 Å².